The third-order valence-corrected chi connectivity index (χ3v) is 4.72. The van der Waals surface area contributed by atoms with Crippen LogP contribution >= 0.6 is 0 Å². The third-order valence-electron chi connectivity index (χ3n) is 4.72. The summed E-state index contributed by atoms with van der Waals surface area (Å²) >= 11 is 0. The molecule has 1 aliphatic rings. The number of benzene rings is 2. The normalized spacial score (nSPS) is 11.9. The van der Waals surface area contributed by atoms with E-state index in [1.165, 1.54) is 72.9 Å². The molecule has 2 aromatic carbocycles. The van der Waals surface area contributed by atoms with Crippen molar-refractivity contribution in [3.05, 3.63) is 47.5 Å². The summed E-state index contributed by atoms with van der Waals surface area (Å²) in [5.41, 5.74) is 7.83. The second kappa shape index (κ2) is 7.00. The van der Waals surface area contributed by atoms with Gasteiger partial charge in [-0.25, -0.2) is 5.32 Å². The summed E-state index contributed by atoms with van der Waals surface area (Å²) in [4.78, 5) is 0. The second-order valence-electron chi connectivity index (χ2n) is 6.40. The first-order valence-corrected chi connectivity index (χ1v) is 8.75. The molecule has 3 rings (SSSR count). The minimum absolute atomic E-state index is 1.13. The lowest BCUT2D eigenvalue weighted by atomic mass is 9.95. The number of nitrogens with zero attached hydrogens (tertiary/aromatic N) is 1. The van der Waals surface area contributed by atoms with Gasteiger partial charge in [0.1, 0.15) is 0 Å². The van der Waals surface area contributed by atoms with Crippen LogP contribution in [-0.4, -0.2) is 0 Å². The Kier molecular flexibility index (Phi) is 4.82. The van der Waals surface area contributed by atoms with Crippen molar-refractivity contribution in [3.8, 4) is 11.1 Å². The van der Waals surface area contributed by atoms with Gasteiger partial charge in [-0.3, -0.25) is 0 Å². The molecule has 0 unspecified atom stereocenters. The molecule has 0 amide bonds. The Labute approximate surface area is 134 Å². The summed E-state index contributed by atoms with van der Waals surface area (Å²) in [5, 5.41) is 4.90. The van der Waals surface area contributed by atoms with Crippen LogP contribution in [0.2, 0.25) is 0 Å². The number of hydrogen-bond donors (Lipinski definition) is 0. The molecular formula is C21H26N. The van der Waals surface area contributed by atoms with Crippen LogP contribution in [0.15, 0.2) is 36.4 Å². The van der Waals surface area contributed by atoms with E-state index in [1.54, 1.807) is 0 Å². The van der Waals surface area contributed by atoms with Crippen LogP contribution < -0.4 is 5.32 Å². The van der Waals surface area contributed by atoms with Crippen molar-refractivity contribution in [2.75, 3.05) is 0 Å². The molecule has 0 saturated heterocycles. The Morgan fingerprint density at radius 1 is 0.818 bits per heavy atom. The number of para-hydroxylation sites is 1. The number of rotatable bonds is 7. The zero-order valence-corrected chi connectivity index (χ0v) is 13.9. The van der Waals surface area contributed by atoms with Gasteiger partial charge in [0.15, 0.2) is 0 Å². The van der Waals surface area contributed by atoms with E-state index in [1.807, 2.05) is 0 Å². The van der Waals surface area contributed by atoms with E-state index >= 15 is 0 Å². The summed E-state index contributed by atoms with van der Waals surface area (Å²) in [6.45, 7) is 4.50. The van der Waals surface area contributed by atoms with Gasteiger partial charge in [-0.2, -0.15) is 0 Å². The van der Waals surface area contributed by atoms with Crippen LogP contribution in [0, 0.1) is 6.92 Å². The molecule has 1 nitrogen and oxygen atoms in total. The van der Waals surface area contributed by atoms with Gasteiger partial charge in [0.2, 0.25) is 0 Å². The van der Waals surface area contributed by atoms with E-state index in [0.717, 1.165) is 5.69 Å². The molecule has 1 heteroatoms. The average molecular weight is 292 g/mol. The van der Waals surface area contributed by atoms with E-state index in [0.29, 0.717) is 0 Å². The highest BCUT2D eigenvalue weighted by Gasteiger charge is 2.22. The van der Waals surface area contributed by atoms with Crippen molar-refractivity contribution in [2.45, 2.75) is 58.8 Å². The first kappa shape index (κ1) is 15.1. The van der Waals surface area contributed by atoms with Gasteiger partial charge >= 0.3 is 0 Å². The van der Waals surface area contributed by atoms with E-state index in [-0.39, 0.29) is 0 Å². The van der Waals surface area contributed by atoms with Gasteiger partial charge in [0, 0.05) is 11.1 Å². The minimum Gasteiger partial charge on any atom is -0.247 e. The largest absolute Gasteiger partial charge is 0.247 e. The number of aryl methyl sites for hydroxylation is 1. The molecule has 0 bridgehead atoms. The smallest absolute Gasteiger partial charge is 0.0750 e. The van der Waals surface area contributed by atoms with Crippen LogP contribution in [-0.2, 0) is 6.42 Å². The SMILES string of the molecule is CCCCCCCCc1c(C)ccc2c1[N]c1ccccc1-2. The van der Waals surface area contributed by atoms with Gasteiger partial charge in [0.05, 0.1) is 11.4 Å². The van der Waals surface area contributed by atoms with Crippen LogP contribution in [0.5, 0.6) is 0 Å². The maximum absolute atomic E-state index is 4.90. The zero-order chi connectivity index (χ0) is 15.4. The van der Waals surface area contributed by atoms with Crippen LogP contribution in [0.3, 0.4) is 0 Å². The fraction of sp³-hybridized carbons (Fsp3) is 0.429. The van der Waals surface area contributed by atoms with Crippen molar-refractivity contribution in [1.29, 1.82) is 0 Å². The van der Waals surface area contributed by atoms with Crippen molar-refractivity contribution >= 4 is 11.4 Å². The van der Waals surface area contributed by atoms with Crippen LogP contribution in [0.1, 0.15) is 56.6 Å². The zero-order valence-electron chi connectivity index (χ0n) is 13.9. The monoisotopic (exact) mass is 292 g/mol. The molecule has 115 valence electrons. The Morgan fingerprint density at radius 3 is 2.45 bits per heavy atom. The lowest BCUT2D eigenvalue weighted by molar-refractivity contribution is 0.607. The highest BCUT2D eigenvalue weighted by molar-refractivity contribution is 5.92. The molecule has 0 saturated carbocycles. The lowest BCUT2D eigenvalue weighted by Gasteiger charge is -2.11. The minimum atomic E-state index is 1.13. The third kappa shape index (κ3) is 3.04. The molecule has 0 spiro atoms. The summed E-state index contributed by atoms with van der Waals surface area (Å²) < 4.78 is 0. The Morgan fingerprint density at radius 2 is 1.59 bits per heavy atom. The molecule has 1 heterocycles. The topological polar surface area (TPSA) is 14.1 Å². The first-order valence-electron chi connectivity index (χ1n) is 8.75. The van der Waals surface area contributed by atoms with Crippen LogP contribution in [0.25, 0.3) is 11.1 Å². The molecule has 22 heavy (non-hydrogen) atoms. The van der Waals surface area contributed by atoms with Crippen molar-refractivity contribution < 1.29 is 0 Å². The molecule has 2 aromatic rings. The fourth-order valence-electron chi connectivity index (χ4n) is 3.40. The highest BCUT2D eigenvalue weighted by atomic mass is 14.9. The molecule has 1 radical (unpaired) electrons. The number of unbranched alkanes of at least 4 members (excludes halogenated alkanes) is 5. The molecule has 0 aliphatic carbocycles. The van der Waals surface area contributed by atoms with E-state index < -0.39 is 0 Å². The predicted octanol–water partition coefficient (Wildman–Crippen LogP) is 6.45. The predicted molar refractivity (Wildman–Crippen MR) is 95.1 cm³/mol. The van der Waals surface area contributed by atoms with Crippen LogP contribution in [0.4, 0.5) is 11.4 Å². The number of fused-ring (bicyclic) bond motifs is 3. The maximum atomic E-state index is 4.90. The molecular weight excluding hydrogens is 266 g/mol. The van der Waals surface area contributed by atoms with Gasteiger partial charge in [-0.15, -0.1) is 0 Å². The average Bonchev–Trinajstić information content (AvgIpc) is 2.91. The summed E-state index contributed by atoms with van der Waals surface area (Å²) in [6.07, 6.45) is 9.26. The second-order valence-corrected chi connectivity index (χ2v) is 6.40. The molecule has 0 atom stereocenters. The van der Waals surface area contributed by atoms with Gasteiger partial charge in [-0.1, -0.05) is 69.4 Å². The fourth-order valence-corrected chi connectivity index (χ4v) is 3.40. The van der Waals surface area contributed by atoms with E-state index in [2.05, 4.69) is 50.2 Å². The maximum Gasteiger partial charge on any atom is 0.0750 e. The van der Waals surface area contributed by atoms with E-state index in [4.69, 9.17) is 5.32 Å². The Hall–Kier alpha value is -1.76. The van der Waals surface area contributed by atoms with E-state index in [9.17, 15) is 0 Å². The first-order chi connectivity index (χ1) is 10.8. The Balaban J connectivity index is 1.71. The standard InChI is InChI=1S/C21H26N/c1-3-4-5-6-7-8-11-17-16(2)14-15-19-18-12-9-10-13-20(18)22-21(17)19/h9-10,12-15H,3-8,11H2,1-2H3. The van der Waals surface area contributed by atoms with Gasteiger partial charge in [-0.05, 0) is 37.0 Å². The van der Waals surface area contributed by atoms with Crippen molar-refractivity contribution in [3.63, 3.8) is 0 Å². The van der Waals surface area contributed by atoms with Crippen molar-refractivity contribution in [1.82, 2.24) is 5.32 Å². The quantitative estimate of drug-likeness (QED) is 0.444. The van der Waals surface area contributed by atoms with Gasteiger partial charge < -0.3 is 0 Å². The Bertz CT molecular complexity index is 642. The molecule has 0 N–H and O–H groups in total. The molecule has 0 fully saturated rings. The lowest BCUT2D eigenvalue weighted by Crippen LogP contribution is -1.96. The molecule has 1 aliphatic heterocycles. The highest BCUT2D eigenvalue weighted by Crippen LogP contribution is 2.45. The summed E-state index contributed by atoms with van der Waals surface area (Å²) in [7, 11) is 0. The summed E-state index contributed by atoms with van der Waals surface area (Å²) in [5.74, 6) is 0. The molecule has 0 aromatic heterocycles. The van der Waals surface area contributed by atoms with Crippen molar-refractivity contribution in [2.24, 2.45) is 0 Å². The number of hydrogen-bond acceptors (Lipinski definition) is 0. The van der Waals surface area contributed by atoms with Gasteiger partial charge in [0.25, 0.3) is 0 Å². The summed E-state index contributed by atoms with van der Waals surface area (Å²) in [6, 6.07) is 13.0.